The molecule has 0 spiro atoms. The summed E-state index contributed by atoms with van der Waals surface area (Å²) >= 11 is 0. The number of nitrogens with one attached hydrogen (secondary N) is 1. The molecule has 5 nitrogen and oxygen atoms in total. The van der Waals surface area contributed by atoms with E-state index in [0.717, 1.165) is 37.7 Å². The number of amides is 1. The van der Waals surface area contributed by atoms with E-state index in [1.54, 1.807) is 6.20 Å². The maximum atomic E-state index is 12.5. The second kappa shape index (κ2) is 7.66. The Morgan fingerprint density at radius 1 is 1.20 bits per heavy atom. The summed E-state index contributed by atoms with van der Waals surface area (Å²) in [7, 11) is 0. The summed E-state index contributed by atoms with van der Waals surface area (Å²) < 4.78 is 5.35. The van der Waals surface area contributed by atoms with Crippen LogP contribution in [0.25, 0.3) is 0 Å². The number of anilines is 1. The molecule has 1 aromatic carbocycles. The lowest BCUT2D eigenvalue weighted by atomic mass is 10.00. The number of hydrogen-bond acceptors (Lipinski definition) is 4. The summed E-state index contributed by atoms with van der Waals surface area (Å²) in [5, 5.41) is 3.07. The lowest BCUT2D eigenvalue weighted by Crippen LogP contribution is -2.36. The maximum Gasteiger partial charge on any atom is 0.253 e. The highest BCUT2D eigenvalue weighted by Crippen LogP contribution is 2.20. The van der Waals surface area contributed by atoms with Crippen LogP contribution in [0, 0.1) is 13.8 Å². The second-order valence-corrected chi connectivity index (χ2v) is 6.56. The molecule has 25 heavy (non-hydrogen) atoms. The van der Waals surface area contributed by atoms with Crippen LogP contribution in [0.3, 0.4) is 0 Å². The van der Waals surface area contributed by atoms with E-state index in [9.17, 15) is 4.79 Å². The van der Waals surface area contributed by atoms with Gasteiger partial charge in [0.1, 0.15) is 5.82 Å². The smallest absolute Gasteiger partial charge is 0.253 e. The van der Waals surface area contributed by atoms with Gasteiger partial charge >= 0.3 is 0 Å². The molecule has 1 aliphatic heterocycles. The first-order chi connectivity index (χ1) is 12.0. The van der Waals surface area contributed by atoms with E-state index < -0.39 is 0 Å². The van der Waals surface area contributed by atoms with Crippen molar-refractivity contribution in [2.24, 2.45) is 0 Å². The van der Waals surface area contributed by atoms with Gasteiger partial charge in [-0.1, -0.05) is 23.8 Å². The van der Waals surface area contributed by atoms with Gasteiger partial charge in [0.2, 0.25) is 0 Å². The van der Waals surface area contributed by atoms with Crippen molar-refractivity contribution in [2.75, 3.05) is 31.2 Å². The van der Waals surface area contributed by atoms with Crippen LogP contribution in [0.2, 0.25) is 0 Å². The summed E-state index contributed by atoms with van der Waals surface area (Å²) in [6, 6.07) is 9.99. The molecule has 2 heterocycles. The van der Waals surface area contributed by atoms with Gasteiger partial charge in [0, 0.05) is 19.3 Å². The Morgan fingerprint density at radius 2 is 1.96 bits per heavy atom. The van der Waals surface area contributed by atoms with E-state index >= 15 is 0 Å². The van der Waals surface area contributed by atoms with Crippen LogP contribution >= 0.6 is 0 Å². The summed E-state index contributed by atoms with van der Waals surface area (Å²) in [5.41, 5.74) is 4.10. The lowest BCUT2D eigenvalue weighted by molar-refractivity contribution is 0.0939. The molecule has 1 aliphatic rings. The molecule has 132 valence electrons. The van der Waals surface area contributed by atoms with Crippen LogP contribution in [-0.2, 0) is 4.74 Å². The van der Waals surface area contributed by atoms with E-state index in [4.69, 9.17) is 4.74 Å². The van der Waals surface area contributed by atoms with Crippen molar-refractivity contribution in [3.05, 3.63) is 58.8 Å². The van der Waals surface area contributed by atoms with Crippen molar-refractivity contribution in [2.45, 2.75) is 26.8 Å². The standard InChI is InChI=1S/C20H25N3O2/c1-14-4-5-15(2)18(12-14)16(3)22-20(24)17-6-7-19(21-13-17)23-8-10-25-11-9-23/h4-7,12-13,16H,8-11H2,1-3H3,(H,22,24). The number of pyridine rings is 1. The van der Waals surface area contributed by atoms with Crippen LogP contribution in [0.4, 0.5) is 5.82 Å². The van der Waals surface area contributed by atoms with Crippen molar-refractivity contribution < 1.29 is 9.53 Å². The van der Waals surface area contributed by atoms with Crippen LogP contribution in [0.1, 0.15) is 40.0 Å². The molecule has 1 atom stereocenters. The number of benzene rings is 1. The maximum absolute atomic E-state index is 12.5. The molecule has 1 amide bonds. The minimum atomic E-state index is -0.102. The number of aromatic nitrogens is 1. The average molecular weight is 339 g/mol. The van der Waals surface area contributed by atoms with Gasteiger partial charge in [0.15, 0.2) is 0 Å². The van der Waals surface area contributed by atoms with Crippen LogP contribution in [0.15, 0.2) is 36.5 Å². The predicted molar refractivity (Wildman–Crippen MR) is 99.1 cm³/mol. The third kappa shape index (κ3) is 4.17. The van der Waals surface area contributed by atoms with E-state index in [0.29, 0.717) is 5.56 Å². The number of carbonyl (C=O) groups excluding carboxylic acids is 1. The molecule has 3 rings (SSSR count). The molecule has 2 aromatic rings. The van der Waals surface area contributed by atoms with Crippen molar-refractivity contribution in [1.82, 2.24) is 10.3 Å². The predicted octanol–water partition coefficient (Wildman–Crippen LogP) is 3.03. The highest BCUT2D eigenvalue weighted by molar-refractivity contribution is 5.94. The molecule has 1 fully saturated rings. The molecule has 1 aromatic heterocycles. The first-order valence-corrected chi connectivity index (χ1v) is 8.71. The molecular weight excluding hydrogens is 314 g/mol. The van der Waals surface area contributed by atoms with Gasteiger partial charge in [-0.05, 0) is 44.0 Å². The van der Waals surface area contributed by atoms with Crippen LogP contribution in [0.5, 0.6) is 0 Å². The number of hydrogen-bond donors (Lipinski definition) is 1. The fourth-order valence-electron chi connectivity index (χ4n) is 3.08. The number of morpholine rings is 1. The average Bonchev–Trinajstić information content (AvgIpc) is 2.64. The molecule has 0 radical (unpaired) electrons. The first kappa shape index (κ1) is 17.4. The van der Waals surface area contributed by atoms with Crippen molar-refractivity contribution in [3.63, 3.8) is 0 Å². The quantitative estimate of drug-likeness (QED) is 0.930. The Bertz CT molecular complexity index is 737. The molecule has 1 N–H and O–H groups in total. The zero-order valence-electron chi connectivity index (χ0n) is 15.1. The number of nitrogens with zero attached hydrogens (tertiary/aromatic N) is 2. The molecule has 1 unspecified atom stereocenters. The van der Waals surface area contributed by atoms with Gasteiger partial charge < -0.3 is 15.0 Å². The number of rotatable bonds is 4. The zero-order chi connectivity index (χ0) is 17.8. The molecule has 1 saturated heterocycles. The molecule has 0 saturated carbocycles. The monoisotopic (exact) mass is 339 g/mol. The Kier molecular flexibility index (Phi) is 5.34. The zero-order valence-corrected chi connectivity index (χ0v) is 15.1. The fraction of sp³-hybridized carbons (Fsp3) is 0.400. The van der Waals surface area contributed by atoms with E-state index in [-0.39, 0.29) is 11.9 Å². The van der Waals surface area contributed by atoms with Gasteiger partial charge in [-0.2, -0.15) is 0 Å². The van der Waals surface area contributed by atoms with Gasteiger partial charge in [-0.25, -0.2) is 4.98 Å². The third-order valence-electron chi connectivity index (χ3n) is 4.59. The third-order valence-corrected chi connectivity index (χ3v) is 4.59. The Hall–Kier alpha value is -2.40. The molecule has 5 heteroatoms. The van der Waals surface area contributed by atoms with Gasteiger partial charge in [0.25, 0.3) is 5.91 Å². The Morgan fingerprint density at radius 3 is 2.64 bits per heavy atom. The normalized spacial score (nSPS) is 15.7. The van der Waals surface area contributed by atoms with Crippen LogP contribution in [-0.4, -0.2) is 37.2 Å². The fourth-order valence-corrected chi connectivity index (χ4v) is 3.08. The van der Waals surface area contributed by atoms with Gasteiger partial charge in [-0.15, -0.1) is 0 Å². The van der Waals surface area contributed by atoms with E-state index in [1.807, 2.05) is 19.1 Å². The van der Waals surface area contributed by atoms with E-state index in [2.05, 4.69) is 47.2 Å². The number of carbonyl (C=O) groups is 1. The summed E-state index contributed by atoms with van der Waals surface area (Å²) in [6.45, 7) is 9.25. The van der Waals surface area contributed by atoms with Crippen molar-refractivity contribution >= 4 is 11.7 Å². The van der Waals surface area contributed by atoms with Gasteiger partial charge in [0.05, 0.1) is 24.8 Å². The SMILES string of the molecule is Cc1ccc(C)c(C(C)NC(=O)c2ccc(N3CCOCC3)nc2)c1. The molecule has 0 bridgehead atoms. The molecular formula is C20H25N3O2. The highest BCUT2D eigenvalue weighted by Gasteiger charge is 2.16. The number of ether oxygens (including phenoxy) is 1. The summed E-state index contributed by atoms with van der Waals surface area (Å²) in [5.74, 6) is 0.789. The molecule has 0 aliphatic carbocycles. The van der Waals surface area contributed by atoms with Crippen LogP contribution < -0.4 is 10.2 Å². The summed E-state index contributed by atoms with van der Waals surface area (Å²) in [6.07, 6.45) is 1.65. The minimum absolute atomic E-state index is 0.0497. The topological polar surface area (TPSA) is 54.5 Å². The van der Waals surface area contributed by atoms with Gasteiger partial charge in [-0.3, -0.25) is 4.79 Å². The Balaban J connectivity index is 1.67. The second-order valence-electron chi connectivity index (χ2n) is 6.56. The summed E-state index contributed by atoms with van der Waals surface area (Å²) in [4.78, 5) is 19.1. The number of aryl methyl sites for hydroxylation is 2. The largest absolute Gasteiger partial charge is 0.378 e. The van der Waals surface area contributed by atoms with Crippen molar-refractivity contribution in [1.29, 1.82) is 0 Å². The lowest BCUT2D eigenvalue weighted by Gasteiger charge is -2.27. The van der Waals surface area contributed by atoms with Crippen molar-refractivity contribution in [3.8, 4) is 0 Å². The Labute approximate surface area is 149 Å². The minimum Gasteiger partial charge on any atom is -0.378 e. The highest BCUT2D eigenvalue weighted by atomic mass is 16.5. The first-order valence-electron chi connectivity index (χ1n) is 8.71. The van der Waals surface area contributed by atoms with E-state index in [1.165, 1.54) is 11.1 Å².